The second-order valence-corrected chi connectivity index (χ2v) is 7.70. The van der Waals surface area contributed by atoms with E-state index in [1.165, 1.54) is 0 Å². The Morgan fingerprint density at radius 1 is 0.730 bits per heavy atom. The molecule has 0 aliphatic heterocycles. The quantitative estimate of drug-likeness (QED) is 0.218. The van der Waals surface area contributed by atoms with E-state index in [4.69, 9.17) is 11.6 Å². The van der Waals surface area contributed by atoms with Gasteiger partial charge in [-0.2, -0.15) is 74.6 Å². The van der Waals surface area contributed by atoms with Crippen molar-refractivity contribution < 1.29 is 84.5 Å². The molecule has 1 aliphatic rings. The molecule has 0 aromatic heterocycles. The summed E-state index contributed by atoms with van der Waals surface area (Å²) in [5.74, 6) is -37.4. The number of rotatable bonds is 3. The van der Waals surface area contributed by atoms with Gasteiger partial charge < -0.3 is 5.11 Å². The SMILES string of the molecule is O=C(/C=C(\O)c1cc(C(F)(F)F)cc(C(F)(F)F)c1Cl)C1(C(F)(F)F)C(F)(F)C(F)(F)C(F)(F)C1(F)F. The topological polar surface area (TPSA) is 37.3 Å². The van der Waals surface area contributed by atoms with E-state index >= 15 is 0 Å². The van der Waals surface area contributed by atoms with Crippen LogP contribution in [0, 0.1) is 5.41 Å². The van der Waals surface area contributed by atoms with Gasteiger partial charge in [0.25, 0.3) is 5.41 Å². The highest BCUT2D eigenvalue weighted by atomic mass is 35.5. The standard InChI is InChI=1S/C17H4ClF17O2/c18-9-5(1-4(11(19,20)21)2-6(9)12(22,23)24)7(36)3-8(37)10(17(33,34)35)13(25,26)15(29,30)16(31,32)14(10,27)28/h1-3,36H/b7-3-. The molecule has 0 bridgehead atoms. The molecule has 0 unspecified atom stereocenters. The fourth-order valence-electron chi connectivity index (χ4n) is 3.36. The van der Waals surface area contributed by atoms with Crippen LogP contribution < -0.4 is 0 Å². The van der Waals surface area contributed by atoms with Gasteiger partial charge in [-0.25, -0.2) is 0 Å². The van der Waals surface area contributed by atoms with Crippen molar-refractivity contribution >= 4 is 23.1 Å². The number of aliphatic hydroxyl groups is 1. The number of ketones is 1. The molecule has 2 rings (SSSR count). The molecule has 1 fully saturated rings. The van der Waals surface area contributed by atoms with Crippen molar-refractivity contribution in [3.63, 3.8) is 0 Å². The molecule has 37 heavy (non-hydrogen) atoms. The van der Waals surface area contributed by atoms with Crippen molar-refractivity contribution in [1.29, 1.82) is 0 Å². The van der Waals surface area contributed by atoms with Gasteiger partial charge in [0, 0.05) is 11.6 Å². The number of alkyl halides is 17. The Labute approximate surface area is 196 Å². The molecule has 1 aromatic carbocycles. The normalized spacial score (nSPS) is 22.7. The van der Waals surface area contributed by atoms with Crippen LogP contribution in [0.4, 0.5) is 74.6 Å². The van der Waals surface area contributed by atoms with E-state index in [-0.39, 0.29) is 0 Å². The van der Waals surface area contributed by atoms with Crippen molar-refractivity contribution in [3.05, 3.63) is 39.9 Å². The minimum atomic E-state index is -7.69. The second-order valence-electron chi connectivity index (χ2n) is 7.32. The van der Waals surface area contributed by atoms with Crippen LogP contribution in [0.25, 0.3) is 5.76 Å². The Balaban J connectivity index is 2.96. The van der Waals surface area contributed by atoms with Gasteiger partial charge in [-0.3, -0.25) is 4.79 Å². The third-order valence-electron chi connectivity index (χ3n) is 5.17. The van der Waals surface area contributed by atoms with Crippen LogP contribution in [0.3, 0.4) is 0 Å². The van der Waals surface area contributed by atoms with Crippen molar-refractivity contribution in [2.24, 2.45) is 5.41 Å². The van der Waals surface area contributed by atoms with Crippen LogP contribution in [0.15, 0.2) is 18.2 Å². The Kier molecular flexibility index (Phi) is 6.66. The number of aliphatic hydroxyl groups excluding tert-OH is 1. The molecular weight excluding hydrogens is 595 g/mol. The Morgan fingerprint density at radius 2 is 1.14 bits per heavy atom. The number of carbonyl (C=O) groups is 1. The van der Waals surface area contributed by atoms with Gasteiger partial charge in [-0.1, -0.05) is 11.6 Å². The first kappa shape index (κ1) is 30.8. The van der Waals surface area contributed by atoms with Crippen molar-refractivity contribution in [3.8, 4) is 0 Å². The van der Waals surface area contributed by atoms with Crippen molar-refractivity contribution in [2.75, 3.05) is 0 Å². The number of benzene rings is 1. The molecular formula is C17H4ClF17O2. The van der Waals surface area contributed by atoms with Gasteiger partial charge in [-0.05, 0) is 12.1 Å². The molecule has 0 amide bonds. The van der Waals surface area contributed by atoms with Crippen molar-refractivity contribution in [1.82, 2.24) is 0 Å². The van der Waals surface area contributed by atoms with Crippen LogP contribution in [-0.2, 0) is 17.1 Å². The highest BCUT2D eigenvalue weighted by Crippen LogP contribution is 2.75. The van der Waals surface area contributed by atoms with Crippen LogP contribution in [-0.4, -0.2) is 40.8 Å². The first-order valence-electron chi connectivity index (χ1n) is 8.56. The molecule has 1 saturated carbocycles. The summed E-state index contributed by atoms with van der Waals surface area (Å²) in [6, 6.07) is -1.34. The number of allylic oxidation sites excluding steroid dienone is 1. The van der Waals surface area contributed by atoms with Gasteiger partial charge >= 0.3 is 42.2 Å². The molecule has 1 aromatic rings. The summed E-state index contributed by atoms with van der Waals surface area (Å²) in [5, 5.41) is 7.62. The maximum absolute atomic E-state index is 14.1. The Morgan fingerprint density at radius 3 is 1.46 bits per heavy atom. The minimum absolute atomic E-state index is 0.620. The number of halogens is 18. The van der Waals surface area contributed by atoms with E-state index in [1.807, 2.05) is 0 Å². The Bertz CT molecular complexity index is 1110. The smallest absolute Gasteiger partial charge is 0.417 e. The average molecular weight is 599 g/mol. The average Bonchev–Trinajstić information content (AvgIpc) is 2.70. The lowest BCUT2D eigenvalue weighted by Gasteiger charge is -2.37. The largest absolute Gasteiger partial charge is 0.507 e. The third kappa shape index (κ3) is 3.81. The molecule has 210 valence electrons. The predicted molar refractivity (Wildman–Crippen MR) is 85.3 cm³/mol. The van der Waals surface area contributed by atoms with Crippen molar-refractivity contribution in [2.45, 2.75) is 42.2 Å². The number of hydrogen-bond donors (Lipinski definition) is 1. The molecule has 1 N–H and O–H groups in total. The van der Waals surface area contributed by atoms with E-state index in [9.17, 15) is 84.5 Å². The van der Waals surface area contributed by atoms with Crippen LogP contribution >= 0.6 is 11.6 Å². The highest BCUT2D eigenvalue weighted by molar-refractivity contribution is 6.33. The van der Waals surface area contributed by atoms with E-state index in [0.717, 1.165) is 0 Å². The maximum atomic E-state index is 14.1. The zero-order valence-electron chi connectivity index (χ0n) is 16.4. The summed E-state index contributed by atoms with van der Waals surface area (Å²) < 4.78 is 228. The van der Waals surface area contributed by atoms with Gasteiger partial charge in [0.05, 0.1) is 16.1 Å². The highest BCUT2D eigenvalue weighted by Gasteiger charge is 3.06. The van der Waals surface area contributed by atoms with E-state index < -0.39 is 99.1 Å². The first-order valence-corrected chi connectivity index (χ1v) is 8.94. The summed E-state index contributed by atoms with van der Waals surface area (Å²) in [7, 11) is 0. The van der Waals surface area contributed by atoms with E-state index in [0.29, 0.717) is 0 Å². The molecule has 0 heterocycles. The van der Waals surface area contributed by atoms with Gasteiger partial charge in [0.2, 0.25) is 0 Å². The monoisotopic (exact) mass is 598 g/mol. The van der Waals surface area contributed by atoms with Crippen LogP contribution in [0.2, 0.25) is 5.02 Å². The lowest BCUT2D eigenvalue weighted by atomic mass is 9.74. The van der Waals surface area contributed by atoms with E-state index in [2.05, 4.69) is 0 Å². The van der Waals surface area contributed by atoms with Gasteiger partial charge in [0.1, 0.15) is 5.76 Å². The molecule has 0 atom stereocenters. The van der Waals surface area contributed by atoms with Crippen LogP contribution in [0.5, 0.6) is 0 Å². The summed E-state index contributed by atoms with van der Waals surface area (Å²) >= 11 is 5.12. The summed E-state index contributed by atoms with van der Waals surface area (Å²) in [6.45, 7) is 0. The molecule has 2 nitrogen and oxygen atoms in total. The summed E-state index contributed by atoms with van der Waals surface area (Å²) in [4.78, 5) is 12.0. The van der Waals surface area contributed by atoms with Crippen LogP contribution in [0.1, 0.15) is 16.7 Å². The zero-order valence-corrected chi connectivity index (χ0v) is 17.1. The Hall–Kier alpha value is -2.47. The lowest BCUT2D eigenvalue weighted by molar-refractivity contribution is -0.341. The fourth-order valence-corrected chi connectivity index (χ4v) is 3.67. The maximum Gasteiger partial charge on any atom is 0.417 e. The second kappa shape index (κ2) is 8.02. The third-order valence-corrected chi connectivity index (χ3v) is 5.58. The number of hydrogen-bond acceptors (Lipinski definition) is 2. The van der Waals surface area contributed by atoms with Gasteiger partial charge in [0.15, 0.2) is 5.78 Å². The van der Waals surface area contributed by atoms with E-state index in [1.54, 1.807) is 0 Å². The molecule has 20 heteroatoms. The molecule has 0 radical (unpaired) electrons. The predicted octanol–water partition coefficient (Wildman–Crippen LogP) is 7.95. The fraction of sp³-hybridized carbons (Fsp3) is 0.471. The summed E-state index contributed by atoms with van der Waals surface area (Å²) in [6.07, 6.45) is -20.9. The van der Waals surface area contributed by atoms with Gasteiger partial charge in [-0.15, -0.1) is 0 Å². The molecule has 0 spiro atoms. The lowest BCUT2D eigenvalue weighted by Crippen LogP contribution is -2.64. The molecule has 1 aliphatic carbocycles. The zero-order chi connectivity index (χ0) is 29.6. The molecule has 0 saturated heterocycles. The number of carbonyl (C=O) groups excluding carboxylic acids is 1. The summed E-state index contributed by atoms with van der Waals surface area (Å²) in [5.41, 5.74) is -14.4. The minimum Gasteiger partial charge on any atom is -0.507 e. The first-order chi connectivity index (χ1) is 16.0.